The molecule has 14 heteroatoms. The maximum absolute atomic E-state index is 16.8. The van der Waals surface area contributed by atoms with Gasteiger partial charge in [0.1, 0.15) is 11.5 Å². The second kappa shape index (κ2) is 14.4. The van der Waals surface area contributed by atoms with E-state index in [2.05, 4.69) is 0 Å². The number of rotatable bonds is 8. The Morgan fingerprint density at radius 3 is 2.12 bits per heavy atom. The Morgan fingerprint density at radius 2 is 1.48 bits per heavy atom. The van der Waals surface area contributed by atoms with Crippen LogP contribution in [0.1, 0.15) is 37.3 Å². The second-order valence-electron chi connectivity index (χ2n) is 16.3. The van der Waals surface area contributed by atoms with E-state index in [0.29, 0.717) is 58.5 Å². The van der Waals surface area contributed by atoms with Crippen molar-refractivity contribution in [3.8, 4) is 11.5 Å². The van der Waals surface area contributed by atoms with E-state index in [1.807, 2.05) is 67.6 Å². The summed E-state index contributed by atoms with van der Waals surface area (Å²) in [5, 5.41) is 10.0. The SMILES string of the molecule is C[C@H]1[C@H]([Si](C)(C)F)[C@@H](CC(=O)N2CCC[C@H]2CO)O[C@]12C(=O)N(Cc1cccc(N3C(=O)COc4ccccc43)c1)c1ccc(N3C(=O)COc4ccccc43)cc12. The summed E-state index contributed by atoms with van der Waals surface area (Å²) in [6, 6.07) is 27.0. The fraction of sp³-hybridized carbons (Fsp3) is 0.364. The van der Waals surface area contributed by atoms with Gasteiger partial charge in [0.05, 0.1) is 48.8 Å². The van der Waals surface area contributed by atoms with E-state index < -0.39 is 37.5 Å². The van der Waals surface area contributed by atoms with Gasteiger partial charge in [-0.3, -0.25) is 29.0 Å². The molecule has 5 heterocycles. The summed E-state index contributed by atoms with van der Waals surface area (Å²) < 4.78 is 35.1. The number of likely N-dealkylation sites (tertiary alicyclic amines) is 1. The molecule has 4 aromatic carbocycles. The topological polar surface area (TPSA) is 129 Å². The Labute approximate surface area is 336 Å². The van der Waals surface area contributed by atoms with Crippen LogP contribution in [0.25, 0.3) is 0 Å². The van der Waals surface area contributed by atoms with Crippen molar-refractivity contribution in [1.82, 2.24) is 4.90 Å². The fourth-order valence-corrected chi connectivity index (χ4v) is 12.4. The number of anilines is 5. The number of ether oxygens (including phenoxy) is 3. The van der Waals surface area contributed by atoms with Crippen LogP contribution in [0.5, 0.6) is 11.5 Å². The van der Waals surface area contributed by atoms with E-state index >= 15 is 8.90 Å². The van der Waals surface area contributed by atoms with Gasteiger partial charge in [-0.25, -0.2) is 0 Å². The number of fused-ring (bicyclic) bond motifs is 4. The molecule has 5 aliphatic heterocycles. The molecule has 4 amide bonds. The Hall–Kier alpha value is -5.57. The van der Waals surface area contributed by atoms with E-state index in [0.717, 1.165) is 12.0 Å². The molecule has 58 heavy (non-hydrogen) atoms. The van der Waals surface area contributed by atoms with Crippen LogP contribution in [0.15, 0.2) is 91.0 Å². The Kier molecular flexibility index (Phi) is 9.40. The molecule has 9 rings (SSSR count). The lowest BCUT2D eigenvalue weighted by molar-refractivity contribution is -0.150. The minimum absolute atomic E-state index is 0.0903. The molecular weight excluding hydrogens is 760 g/mol. The third kappa shape index (κ3) is 6.07. The quantitative estimate of drug-likeness (QED) is 0.158. The predicted molar refractivity (Wildman–Crippen MR) is 217 cm³/mol. The Morgan fingerprint density at radius 1 is 0.845 bits per heavy atom. The van der Waals surface area contributed by atoms with Crippen LogP contribution in [0.3, 0.4) is 0 Å². The fourth-order valence-electron chi connectivity index (χ4n) is 9.92. The number of aliphatic hydroxyl groups is 1. The first-order valence-corrected chi connectivity index (χ1v) is 22.8. The van der Waals surface area contributed by atoms with Crippen molar-refractivity contribution < 1.29 is 42.6 Å². The maximum Gasteiger partial charge on any atom is 0.269 e. The van der Waals surface area contributed by atoms with Crippen LogP contribution in [-0.4, -0.2) is 80.6 Å². The van der Waals surface area contributed by atoms with E-state index in [-0.39, 0.29) is 56.5 Å². The summed E-state index contributed by atoms with van der Waals surface area (Å²) in [6.45, 7) is 5.15. The molecular formula is C44H45FN4O8Si. The summed E-state index contributed by atoms with van der Waals surface area (Å²) in [6.07, 6.45) is 0.385. The Balaban J connectivity index is 1.14. The zero-order valence-corrected chi connectivity index (χ0v) is 33.6. The third-order valence-electron chi connectivity index (χ3n) is 12.4. The molecule has 0 saturated carbocycles. The summed E-state index contributed by atoms with van der Waals surface area (Å²) in [4.78, 5) is 62.6. The summed E-state index contributed by atoms with van der Waals surface area (Å²) >= 11 is 0. The standard InChI is InChI=1S/C44H45FN4O8Si/c1-27-42(58(2,3)45)38(22-39(51)46-19-9-12-31(46)24-50)57-44(27)32-21-30(49-35-14-5-7-16-37(35)56-26-41(49)53)17-18-33(32)47(43(44)54)23-28-10-8-11-29(20-28)48-34-13-4-6-15-36(34)55-25-40(48)52/h4-8,10-11,13-18,20-21,27,31,38,42,50H,9,12,19,22-26H2,1-3H3/t27-,31-,38+,42-,44+/m0/s1. The summed E-state index contributed by atoms with van der Waals surface area (Å²) in [5.74, 6) is -0.746. The lowest BCUT2D eigenvalue weighted by Crippen LogP contribution is -2.45. The first kappa shape index (κ1) is 38.0. The van der Waals surface area contributed by atoms with E-state index in [9.17, 15) is 19.5 Å². The van der Waals surface area contributed by atoms with Crippen LogP contribution in [-0.2, 0) is 36.1 Å². The number of hydrogen-bond acceptors (Lipinski definition) is 8. The molecule has 2 fully saturated rings. The van der Waals surface area contributed by atoms with E-state index in [1.165, 1.54) is 0 Å². The van der Waals surface area contributed by atoms with Crippen LogP contribution < -0.4 is 24.2 Å². The molecule has 5 aliphatic rings. The van der Waals surface area contributed by atoms with Crippen molar-refractivity contribution in [2.45, 2.75) is 69.1 Å². The van der Waals surface area contributed by atoms with Gasteiger partial charge in [-0.1, -0.05) is 43.3 Å². The van der Waals surface area contributed by atoms with Crippen molar-refractivity contribution in [2.24, 2.45) is 5.92 Å². The minimum atomic E-state index is -3.63. The summed E-state index contributed by atoms with van der Waals surface area (Å²) in [5.41, 5.74) is 1.58. The minimum Gasteiger partial charge on any atom is -0.482 e. The Bertz CT molecular complexity index is 2340. The normalized spacial score (nSPS) is 25.2. The van der Waals surface area contributed by atoms with Crippen molar-refractivity contribution in [3.63, 3.8) is 0 Å². The van der Waals surface area contributed by atoms with Gasteiger partial charge in [0.2, 0.25) is 14.3 Å². The van der Waals surface area contributed by atoms with Crippen LogP contribution in [0, 0.1) is 5.92 Å². The number of carbonyl (C=O) groups is 4. The predicted octanol–water partition coefficient (Wildman–Crippen LogP) is 6.50. The molecule has 0 unspecified atom stereocenters. The van der Waals surface area contributed by atoms with Gasteiger partial charge in [-0.2, -0.15) is 0 Å². The molecule has 0 aliphatic carbocycles. The molecule has 0 radical (unpaired) electrons. The molecule has 5 atom stereocenters. The van der Waals surface area contributed by atoms with Crippen LogP contribution in [0.2, 0.25) is 18.6 Å². The number of nitrogens with zero attached hydrogens (tertiary/aromatic N) is 4. The summed E-state index contributed by atoms with van der Waals surface area (Å²) in [7, 11) is -3.63. The highest BCUT2D eigenvalue weighted by Crippen LogP contribution is 2.61. The molecule has 4 aromatic rings. The molecule has 0 aromatic heterocycles. The van der Waals surface area contributed by atoms with Crippen LogP contribution >= 0.6 is 0 Å². The van der Waals surface area contributed by atoms with E-state index in [1.54, 1.807) is 63.0 Å². The second-order valence-corrected chi connectivity index (χ2v) is 20.1. The highest BCUT2D eigenvalue weighted by molar-refractivity contribution is 6.72. The van der Waals surface area contributed by atoms with Gasteiger partial charge in [0, 0.05) is 34.9 Å². The van der Waals surface area contributed by atoms with Gasteiger partial charge in [-0.05, 0) is 86.1 Å². The highest BCUT2D eigenvalue weighted by Gasteiger charge is 2.67. The number of benzene rings is 4. The van der Waals surface area contributed by atoms with Gasteiger partial charge in [0.25, 0.3) is 17.7 Å². The largest absolute Gasteiger partial charge is 0.482 e. The number of hydrogen-bond donors (Lipinski definition) is 1. The number of aliphatic hydroxyl groups excluding tert-OH is 1. The highest BCUT2D eigenvalue weighted by atomic mass is 28.4. The third-order valence-corrected chi connectivity index (χ3v) is 14.9. The first-order valence-electron chi connectivity index (χ1n) is 19.8. The lowest BCUT2D eigenvalue weighted by atomic mass is 9.82. The molecule has 0 bridgehead atoms. The first-order chi connectivity index (χ1) is 27.9. The monoisotopic (exact) mass is 804 g/mol. The van der Waals surface area contributed by atoms with Gasteiger partial charge >= 0.3 is 0 Å². The van der Waals surface area contributed by atoms with Gasteiger partial charge < -0.3 is 33.2 Å². The van der Waals surface area contributed by atoms with Crippen molar-refractivity contribution in [1.29, 1.82) is 0 Å². The lowest BCUT2D eigenvalue weighted by Gasteiger charge is -2.32. The number of halogens is 1. The zero-order chi connectivity index (χ0) is 40.5. The van der Waals surface area contributed by atoms with Crippen molar-refractivity contribution >= 4 is 60.5 Å². The van der Waals surface area contributed by atoms with Crippen molar-refractivity contribution in [3.05, 3.63) is 102 Å². The molecule has 1 spiro atoms. The number of carbonyl (C=O) groups excluding carboxylic acids is 4. The average Bonchev–Trinajstić information content (AvgIpc) is 3.88. The zero-order valence-electron chi connectivity index (χ0n) is 32.6. The number of amides is 4. The van der Waals surface area contributed by atoms with Gasteiger partial charge in [-0.15, -0.1) is 0 Å². The van der Waals surface area contributed by atoms with E-state index in [4.69, 9.17) is 14.2 Å². The molecule has 2 saturated heterocycles. The maximum atomic E-state index is 16.8. The van der Waals surface area contributed by atoms with Gasteiger partial charge in [0.15, 0.2) is 18.8 Å². The van der Waals surface area contributed by atoms with Crippen molar-refractivity contribution in [2.75, 3.05) is 41.1 Å². The molecule has 1 N–H and O–H groups in total. The molecule has 12 nitrogen and oxygen atoms in total. The molecule has 300 valence electrons. The van der Waals surface area contributed by atoms with Crippen LogP contribution in [0.4, 0.5) is 32.5 Å². The number of para-hydroxylation sites is 4. The smallest absolute Gasteiger partial charge is 0.269 e. The average molecular weight is 805 g/mol.